The average Bonchev–Trinajstić information content (AvgIpc) is 2.63. The molecule has 2 rings (SSSR count). The number of guanidine groups is 1. The predicted octanol–water partition coefficient (Wildman–Crippen LogP) is 2.25. The SMILES string of the molecule is CCNC(=NCC(C(C)C)N1CCOCC1)NCCC1=CCOCC1.I. The van der Waals surface area contributed by atoms with E-state index in [1.807, 2.05) is 0 Å². The highest BCUT2D eigenvalue weighted by atomic mass is 127. The van der Waals surface area contributed by atoms with Crippen molar-refractivity contribution in [3.63, 3.8) is 0 Å². The van der Waals surface area contributed by atoms with Crippen molar-refractivity contribution in [1.29, 1.82) is 0 Å². The van der Waals surface area contributed by atoms with Gasteiger partial charge < -0.3 is 20.1 Å². The zero-order valence-electron chi connectivity index (χ0n) is 16.6. The highest BCUT2D eigenvalue weighted by molar-refractivity contribution is 14.0. The molecule has 1 saturated heterocycles. The second-order valence-electron chi connectivity index (χ2n) is 7.04. The lowest BCUT2D eigenvalue weighted by Gasteiger charge is -2.36. The maximum absolute atomic E-state index is 5.49. The largest absolute Gasteiger partial charge is 0.379 e. The molecule has 0 spiro atoms. The third kappa shape index (κ3) is 8.54. The second-order valence-corrected chi connectivity index (χ2v) is 7.04. The summed E-state index contributed by atoms with van der Waals surface area (Å²) in [6.45, 7) is 14.6. The van der Waals surface area contributed by atoms with Crippen LogP contribution in [-0.4, -0.2) is 76.1 Å². The van der Waals surface area contributed by atoms with Crippen molar-refractivity contribution in [3.8, 4) is 0 Å². The van der Waals surface area contributed by atoms with Gasteiger partial charge in [0.25, 0.3) is 0 Å². The lowest BCUT2D eigenvalue weighted by Crippen LogP contribution is -2.48. The van der Waals surface area contributed by atoms with Gasteiger partial charge in [0.15, 0.2) is 5.96 Å². The van der Waals surface area contributed by atoms with Crippen molar-refractivity contribution in [3.05, 3.63) is 11.6 Å². The molecule has 152 valence electrons. The minimum Gasteiger partial charge on any atom is -0.379 e. The summed E-state index contributed by atoms with van der Waals surface area (Å²) in [4.78, 5) is 7.38. The highest BCUT2D eigenvalue weighted by Crippen LogP contribution is 2.13. The zero-order chi connectivity index (χ0) is 17.9. The molecule has 2 N–H and O–H groups in total. The molecule has 0 saturated carbocycles. The van der Waals surface area contributed by atoms with Crippen LogP contribution in [0.1, 0.15) is 33.6 Å². The molecule has 2 aliphatic rings. The van der Waals surface area contributed by atoms with Gasteiger partial charge in [0.1, 0.15) is 0 Å². The monoisotopic (exact) mass is 480 g/mol. The first kappa shape index (κ1) is 23.7. The Morgan fingerprint density at radius 1 is 1.19 bits per heavy atom. The number of halogens is 1. The number of aliphatic imine (C=N–C) groups is 1. The van der Waals surface area contributed by atoms with E-state index in [0.717, 1.165) is 78.0 Å². The molecule has 1 atom stereocenters. The number of hydrogen-bond acceptors (Lipinski definition) is 4. The normalized spacial score (nSPS) is 20.3. The van der Waals surface area contributed by atoms with Crippen molar-refractivity contribution in [2.24, 2.45) is 10.9 Å². The van der Waals surface area contributed by atoms with Crippen LogP contribution in [0.2, 0.25) is 0 Å². The molecule has 0 aromatic carbocycles. The fraction of sp³-hybridized carbons (Fsp3) is 0.842. The van der Waals surface area contributed by atoms with Gasteiger partial charge in [-0.15, -0.1) is 24.0 Å². The van der Waals surface area contributed by atoms with Gasteiger partial charge in [-0.25, -0.2) is 0 Å². The van der Waals surface area contributed by atoms with E-state index < -0.39 is 0 Å². The summed E-state index contributed by atoms with van der Waals surface area (Å²) in [7, 11) is 0. The van der Waals surface area contributed by atoms with Gasteiger partial charge >= 0.3 is 0 Å². The van der Waals surface area contributed by atoms with E-state index in [2.05, 4.69) is 42.4 Å². The quantitative estimate of drug-likeness (QED) is 0.242. The van der Waals surface area contributed by atoms with Crippen LogP contribution in [0.5, 0.6) is 0 Å². The minimum atomic E-state index is 0. The molecule has 0 bridgehead atoms. The van der Waals surface area contributed by atoms with Crippen LogP contribution in [0.4, 0.5) is 0 Å². The van der Waals surface area contributed by atoms with E-state index >= 15 is 0 Å². The number of morpholine rings is 1. The number of rotatable bonds is 8. The van der Waals surface area contributed by atoms with Gasteiger partial charge in [-0.3, -0.25) is 9.89 Å². The number of hydrogen-bond donors (Lipinski definition) is 2. The van der Waals surface area contributed by atoms with E-state index in [-0.39, 0.29) is 24.0 Å². The van der Waals surface area contributed by atoms with Crippen molar-refractivity contribution < 1.29 is 9.47 Å². The molecule has 6 nitrogen and oxygen atoms in total. The highest BCUT2D eigenvalue weighted by Gasteiger charge is 2.23. The van der Waals surface area contributed by atoms with Gasteiger partial charge in [0.2, 0.25) is 0 Å². The molecule has 2 heterocycles. The summed E-state index contributed by atoms with van der Waals surface area (Å²) in [5.74, 6) is 1.51. The minimum absolute atomic E-state index is 0. The summed E-state index contributed by atoms with van der Waals surface area (Å²) >= 11 is 0. The van der Waals surface area contributed by atoms with E-state index in [1.54, 1.807) is 0 Å². The summed E-state index contributed by atoms with van der Waals surface area (Å²) in [5.41, 5.74) is 1.49. The number of nitrogens with one attached hydrogen (secondary N) is 2. The summed E-state index contributed by atoms with van der Waals surface area (Å²) in [6, 6.07) is 0.470. The van der Waals surface area contributed by atoms with Crippen LogP contribution >= 0.6 is 24.0 Å². The molecule has 0 aromatic rings. The molecule has 26 heavy (non-hydrogen) atoms. The Balaban J connectivity index is 0.00000338. The predicted molar refractivity (Wildman–Crippen MR) is 119 cm³/mol. The maximum Gasteiger partial charge on any atom is 0.191 e. The first-order chi connectivity index (χ1) is 12.2. The Morgan fingerprint density at radius 2 is 1.96 bits per heavy atom. The summed E-state index contributed by atoms with van der Waals surface area (Å²) in [6.07, 6.45) is 4.33. The van der Waals surface area contributed by atoms with E-state index in [9.17, 15) is 0 Å². The molecular formula is C19H37IN4O2. The van der Waals surface area contributed by atoms with Gasteiger partial charge in [-0.2, -0.15) is 0 Å². The van der Waals surface area contributed by atoms with Crippen LogP contribution in [0, 0.1) is 5.92 Å². The smallest absolute Gasteiger partial charge is 0.191 e. The molecule has 0 amide bonds. The Labute approximate surface area is 176 Å². The first-order valence-electron chi connectivity index (χ1n) is 9.80. The standard InChI is InChI=1S/C19H36N4O2.HI/c1-4-20-19(21-8-5-17-6-11-24-12-7-17)22-15-18(16(2)3)23-9-13-25-14-10-23;/h6,16,18H,4-5,7-15H2,1-3H3,(H2,20,21,22);1H. The Bertz CT molecular complexity index is 437. The van der Waals surface area contributed by atoms with Crippen LogP contribution in [0.25, 0.3) is 0 Å². The fourth-order valence-electron chi connectivity index (χ4n) is 3.32. The van der Waals surface area contributed by atoms with Crippen molar-refractivity contribution in [1.82, 2.24) is 15.5 Å². The summed E-state index contributed by atoms with van der Waals surface area (Å²) < 4.78 is 10.9. The topological polar surface area (TPSA) is 58.1 Å². The van der Waals surface area contributed by atoms with Crippen LogP contribution in [0.3, 0.4) is 0 Å². The van der Waals surface area contributed by atoms with E-state index in [4.69, 9.17) is 14.5 Å². The lowest BCUT2D eigenvalue weighted by molar-refractivity contribution is 0.00867. The molecule has 0 aromatic heterocycles. The van der Waals surface area contributed by atoms with Gasteiger partial charge in [-0.1, -0.05) is 25.5 Å². The molecule has 2 aliphatic heterocycles. The van der Waals surface area contributed by atoms with Crippen LogP contribution < -0.4 is 10.6 Å². The second kappa shape index (κ2) is 13.7. The fourth-order valence-corrected chi connectivity index (χ4v) is 3.32. The van der Waals surface area contributed by atoms with Crippen molar-refractivity contribution >= 4 is 29.9 Å². The number of nitrogens with zero attached hydrogens (tertiary/aromatic N) is 2. The Kier molecular flexibility index (Phi) is 12.5. The molecule has 0 aliphatic carbocycles. The summed E-state index contributed by atoms with van der Waals surface area (Å²) in [5, 5.41) is 6.85. The third-order valence-corrected chi connectivity index (χ3v) is 4.86. The van der Waals surface area contributed by atoms with Crippen molar-refractivity contribution in [2.45, 2.75) is 39.7 Å². The average molecular weight is 480 g/mol. The molecule has 1 unspecified atom stereocenters. The van der Waals surface area contributed by atoms with Gasteiger partial charge in [0, 0.05) is 32.2 Å². The maximum atomic E-state index is 5.49. The molecular weight excluding hydrogens is 443 g/mol. The van der Waals surface area contributed by atoms with Gasteiger partial charge in [0.05, 0.1) is 33.0 Å². The van der Waals surface area contributed by atoms with Crippen LogP contribution in [-0.2, 0) is 9.47 Å². The Hall–Kier alpha value is -0.380. The Morgan fingerprint density at radius 3 is 2.58 bits per heavy atom. The zero-order valence-corrected chi connectivity index (χ0v) is 19.0. The van der Waals surface area contributed by atoms with E-state index in [0.29, 0.717) is 12.0 Å². The third-order valence-electron chi connectivity index (χ3n) is 4.86. The number of ether oxygens (including phenoxy) is 2. The lowest BCUT2D eigenvalue weighted by atomic mass is 10.0. The molecule has 7 heteroatoms. The first-order valence-corrected chi connectivity index (χ1v) is 9.80. The molecule has 1 fully saturated rings. The van der Waals surface area contributed by atoms with Crippen LogP contribution in [0.15, 0.2) is 16.6 Å². The molecule has 0 radical (unpaired) electrons. The van der Waals surface area contributed by atoms with E-state index in [1.165, 1.54) is 5.57 Å². The van der Waals surface area contributed by atoms with Crippen molar-refractivity contribution in [2.75, 3.05) is 59.2 Å². The van der Waals surface area contributed by atoms with Gasteiger partial charge in [-0.05, 0) is 25.7 Å².